The molecule has 0 bridgehead atoms. The molecule has 2 aromatic carbocycles. The van der Waals surface area contributed by atoms with Crippen molar-refractivity contribution in [2.45, 2.75) is 19.8 Å². The second-order valence-corrected chi connectivity index (χ2v) is 7.63. The van der Waals surface area contributed by atoms with Crippen molar-refractivity contribution in [3.05, 3.63) is 59.4 Å². The second kappa shape index (κ2) is 8.37. The molecule has 150 valence electrons. The first-order valence-electron chi connectivity index (χ1n) is 9.83. The Balaban J connectivity index is 1.52. The predicted molar refractivity (Wildman–Crippen MR) is 114 cm³/mol. The maximum atomic E-state index is 13.8. The van der Waals surface area contributed by atoms with Crippen molar-refractivity contribution in [2.24, 2.45) is 5.92 Å². The first kappa shape index (κ1) is 19.6. The van der Waals surface area contributed by atoms with Crippen molar-refractivity contribution in [2.75, 3.05) is 24.6 Å². The molecular weight excluding hydrogens is 391 g/mol. The van der Waals surface area contributed by atoms with Crippen molar-refractivity contribution < 1.29 is 13.9 Å². The molecule has 6 heteroatoms. The van der Waals surface area contributed by atoms with Gasteiger partial charge in [0.25, 0.3) is 0 Å². The van der Waals surface area contributed by atoms with Crippen molar-refractivity contribution in [1.29, 1.82) is 0 Å². The maximum absolute atomic E-state index is 13.8. The summed E-state index contributed by atoms with van der Waals surface area (Å²) in [6.07, 6.45) is 1.55. The Bertz CT molecular complexity index is 1050. The van der Waals surface area contributed by atoms with Gasteiger partial charge in [-0.15, -0.1) is 0 Å². The lowest BCUT2D eigenvalue weighted by molar-refractivity contribution is -0.148. The van der Waals surface area contributed by atoms with Crippen LogP contribution in [0.2, 0.25) is 5.02 Å². The van der Waals surface area contributed by atoms with E-state index in [0.717, 1.165) is 53.8 Å². The molecule has 0 spiro atoms. The van der Waals surface area contributed by atoms with Gasteiger partial charge in [0.1, 0.15) is 11.6 Å². The van der Waals surface area contributed by atoms with E-state index in [4.69, 9.17) is 21.3 Å². The fraction of sp³-hybridized carbons (Fsp3) is 0.304. The number of benzene rings is 2. The molecule has 0 saturated carbocycles. The summed E-state index contributed by atoms with van der Waals surface area (Å²) in [5, 5.41) is 1.11. The zero-order valence-electron chi connectivity index (χ0n) is 16.2. The molecule has 0 N–H and O–H groups in total. The number of aromatic nitrogens is 1. The van der Waals surface area contributed by atoms with Crippen LogP contribution in [-0.2, 0) is 9.53 Å². The van der Waals surface area contributed by atoms with Crippen molar-refractivity contribution in [3.8, 4) is 11.1 Å². The molecule has 29 heavy (non-hydrogen) atoms. The van der Waals surface area contributed by atoms with Crippen LogP contribution < -0.4 is 4.90 Å². The summed E-state index contributed by atoms with van der Waals surface area (Å²) in [6.45, 7) is 3.82. The average Bonchev–Trinajstić information content (AvgIpc) is 2.75. The van der Waals surface area contributed by atoms with Crippen LogP contribution in [0.15, 0.2) is 48.5 Å². The average molecular weight is 413 g/mol. The minimum absolute atomic E-state index is 0.0195. The van der Waals surface area contributed by atoms with E-state index in [1.807, 2.05) is 43.3 Å². The minimum Gasteiger partial charge on any atom is -0.466 e. The number of piperidine rings is 1. The molecule has 1 saturated heterocycles. The zero-order chi connectivity index (χ0) is 20.4. The van der Waals surface area contributed by atoms with Gasteiger partial charge in [-0.25, -0.2) is 9.37 Å². The Morgan fingerprint density at radius 2 is 1.86 bits per heavy atom. The monoisotopic (exact) mass is 412 g/mol. The Morgan fingerprint density at radius 1 is 1.14 bits per heavy atom. The number of anilines is 1. The largest absolute Gasteiger partial charge is 0.466 e. The van der Waals surface area contributed by atoms with E-state index in [9.17, 15) is 9.18 Å². The van der Waals surface area contributed by atoms with Gasteiger partial charge < -0.3 is 9.64 Å². The van der Waals surface area contributed by atoms with E-state index >= 15 is 0 Å². The number of hydrogen-bond donors (Lipinski definition) is 0. The molecule has 0 unspecified atom stereocenters. The molecule has 1 aliphatic heterocycles. The van der Waals surface area contributed by atoms with Gasteiger partial charge >= 0.3 is 5.97 Å². The highest BCUT2D eigenvalue weighted by Crippen LogP contribution is 2.29. The zero-order valence-corrected chi connectivity index (χ0v) is 17.0. The molecule has 1 aromatic heterocycles. The van der Waals surface area contributed by atoms with Gasteiger partial charge in [-0.3, -0.25) is 4.79 Å². The smallest absolute Gasteiger partial charge is 0.309 e. The number of fused-ring (bicyclic) bond motifs is 1. The number of esters is 1. The highest BCUT2D eigenvalue weighted by atomic mass is 35.5. The number of rotatable bonds is 4. The molecule has 0 aliphatic carbocycles. The summed E-state index contributed by atoms with van der Waals surface area (Å²) >= 11 is 5.78. The van der Waals surface area contributed by atoms with Gasteiger partial charge in [0.15, 0.2) is 0 Å². The molecule has 0 atom stereocenters. The van der Waals surface area contributed by atoms with E-state index in [0.29, 0.717) is 6.61 Å². The van der Waals surface area contributed by atoms with Crippen LogP contribution in [0.4, 0.5) is 10.2 Å². The van der Waals surface area contributed by atoms with Crippen LogP contribution in [0.3, 0.4) is 0 Å². The molecule has 4 rings (SSSR count). The summed E-state index contributed by atoms with van der Waals surface area (Å²) in [6, 6.07) is 14.7. The van der Waals surface area contributed by atoms with Gasteiger partial charge in [0.05, 0.1) is 23.1 Å². The predicted octanol–water partition coefficient (Wildman–Crippen LogP) is 5.47. The molecule has 0 amide bonds. The molecule has 1 fully saturated rings. The number of carbonyl (C=O) groups is 1. The van der Waals surface area contributed by atoms with Crippen LogP contribution >= 0.6 is 11.6 Å². The SMILES string of the molecule is CCOC(=O)C1CCN(c2ccc3cc(-c4ccc(Cl)c(F)c4)ccc3n2)CC1. The Hall–Kier alpha value is -2.66. The molecule has 3 aromatic rings. The third-order valence-corrected chi connectivity index (χ3v) is 5.67. The fourth-order valence-electron chi connectivity index (χ4n) is 3.75. The number of nitrogens with zero attached hydrogens (tertiary/aromatic N) is 2. The number of carbonyl (C=O) groups excluding carboxylic acids is 1. The summed E-state index contributed by atoms with van der Waals surface area (Å²) in [5.74, 6) is 0.368. The first-order valence-corrected chi connectivity index (χ1v) is 10.2. The van der Waals surface area contributed by atoms with Crippen LogP contribution in [0.5, 0.6) is 0 Å². The maximum Gasteiger partial charge on any atom is 0.309 e. The van der Waals surface area contributed by atoms with Crippen LogP contribution in [0.25, 0.3) is 22.0 Å². The minimum atomic E-state index is -0.427. The summed E-state index contributed by atoms with van der Waals surface area (Å²) < 4.78 is 18.9. The van der Waals surface area contributed by atoms with Crippen molar-refractivity contribution in [1.82, 2.24) is 4.98 Å². The van der Waals surface area contributed by atoms with E-state index in [2.05, 4.69) is 4.90 Å². The number of halogens is 2. The lowest BCUT2D eigenvalue weighted by Gasteiger charge is -2.31. The van der Waals surface area contributed by atoms with Gasteiger partial charge in [-0.1, -0.05) is 23.7 Å². The molecule has 1 aliphatic rings. The number of ether oxygens (including phenoxy) is 1. The van der Waals surface area contributed by atoms with E-state index < -0.39 is 5.82 Å². The molecule has 0 radical (unpaired) electrons. The van der Waals surface area contributed by atoms with Gasteiger partial charge in [0, 0.05) is 18.5 Å². The highest BCUT2D eigenvalue weighted by Gasteiger charge is 2.26. The Kier molecular flexibility index (Phi) is 5.67. The summed E-state index contributed by atoms with van der Waals surface area (Å²) in [4.78, 5) is 18.9. The first-order chi connectivity index (χ1) is 14.0. The quantitative estimate of drug-likeness (QED) is 0.532. The third kappa shape index (κ3) is 4.20. The van der Waals surface area contributed by atoms with Crippen molar-refractivity contribution in [3.63, 3.8) is 0 Å². The Labute approximate surface area is 174 Å². The normalized spacial score (nSPS) is 14.9. The molecule has 4 nitrogen and oxygen atoms in total. The topological polar surface area (TPSA) is 42.4 Å². The van der Waals surface area contributed by atoms with Gasteiger partial charge in [-0.2, -0.15) is 0 Å². The van der Waals surface area contributed by atoms with Crippen LogP contribution in [0.1, 0.15) is 19.8 Å². The van der Waals surface area contributed by atoms with E-state index in [-0.39, 0.29) is 16.9 Å². The fourth-order valence-corrected chi connectivity index (χ4v) is 3.87. The van der Waals surface area contributed by atoms with E-state index in [1.54, 1.807) is 6.07 Å². The highest BCUT2D eigenvalue weighted by molar-refractivity contribution is 6.30. The second-order valence-electron chi connectivity index (χ2n) is 7.22. The van der Waals surface area contributed by atoms with Crippen LogP contribution in [0, 0.1) is 11.7 Å². The van der Waals surface area contributed by atoms with E-state index in [1.165, 1.54) is 6.07 Å². The standard InChI is InChI=1S/C23H22ClFN2O2/c1-2-29-23(28)15-9-11-27(12-10-15)22-8-5-18-13-16(4-7-21(18)26-22)17-3-6-19(24)20(25)14-17/h3-8,13-15H,2,9-12H2,1H3. The summed E-state index contributed by atoms with van der Waals surface area (Å²) in [5.41, 5.74) is 2.57. The lowest BCUT2D eigenvalue weighted by atomic mass is 9.97. The molecule has 2 heterocycles. The Morgan fingerprint density at radius 3 is 2.59 bits per heavy atom. The van der Waals surface area contributed by atoms with Crippen LogP contribution in [-0.4, -0.2) is 30.6 Å². The number of hydrogen-bond acceptors (Lipinski definition) is 4. The summed E-state index contributed by atoms with van der Waals surface area (Å²) in [7, 11) is 0. The third-order valence-electron chi connectivity index (χ3n) is 5.37. The van der Waals surface area contributed by atoms with Crippen molar-refractivity contribution >= 4 is 34.3 Å². The lowest BCUT2D eigenvalue weighted by Crippen LogP contribution is -2.37. The van der Waals surface area contributed by atoms with Gasteiger partial charge in [-0.05, 0) is 67.3 Å². The van der Waals surface area contributed by atoms with Gasteiger partial charge in [0.2, 0.25) is 0 Å². The number of pyridine rings is 1. The molecular formula is C23H22ClFN2O2.